The van der Waals surface area contributed by atoms with E-state index in [2.05, 4.69) is 34.8 Å². The first kappa shape index (κ1) is 14.0. The molecule has 0 bridgehead atoms. The number of aromatic nitrogens is 2. The van der Waals surface area contributed by atoms with E-state index in [0.29, 0.717) is 5.95 Å². The van der Waals surface area contributed by atoms with Gasteiger partial charge >= 0.3 is 0 Å². The first-order chi connectivity index (χ1) is 9.19. The highest BCUT2D eigenvalue weighted by Gasteiger charge is 2.14. The predicted octanol–water partition coefficient (Wildman–Crippen LogP) is 2.04. The number of hydrogen-bond donors (Lipinski definition) is 2. The largest absolute Gasteiger partial charge is 0.396 e. The van der Waals surface area contributed by atoms with Gasteiger partial charge in [-0.1, -0.05) is 6.92 Å². The van der Waals surface area contributed by atoms with Crippen molar-refractivity contribution >= 4 is 33.3 Å². The van der Waals surface area contributed by atoms with Gasteiger partial charge in [0.15, 0.2) is 0 Å². The van der Waals surface area contributed by atoms with Crippen molar-refractivity contribution < 1.29 is 5.11 Å². The lowest BCUT2D eigenvalue weighted by atomic mass is 10.3. The number of aliphatic hydroxyl groups is 1. The molecule has 0 saturated carbocycles. The standard InChI is InChI=1S/C13H20N4OS/c1-3-9-8-10-11(17(4-2)6-5-7-18)15-13(14)16-12(10)19-9/h8,18H,3-7H2,1-2H3,(H2,14,15,16). The van der Waals surface area contributed by atoms with Crippen molar-refractivity contribution in [1.29, 1.82) is 0 Å². The minimum atomic E-state index is 0.185. The molecular formula is C13H20N4OS. The maximum atomic E-state index is 8.99. The molecule has 0 spiro atoms. The number of aliphatic hydroxyl groups excluding tert-OH is 1. The Kier molecular flexibility index (Phi) is 4.55. The van der Waals surface area contributed by atoms with Gasteiger partial charge < -0.3 is 15.7 Å². The van der Waals surface area contributed by atoms with Crippen LogP contribution in [0, 0.1) is 0 Å². The van der Waals surface area contributed by atoms with Gasteiger partial charge in [-0.15, -0.1) is 11.3 Å². The van der Waals surface area contributed by atoms with E-state index in [9.17, 15) is 0 Å². The second-order valence-corrected chi connectivity index (χ2v) is 5.46. The molecule has 6 heteroatoms. The van der Waals surface area contributed by atoms with Crippen molar-refractivity contribution in [3.63, 3.8) is 0 Å². The molecule has 2 aromatic rings. The van der Waals surface area contributed by atoms with E-state index >= 15 is 0 Å². The monoisotopic (exact) mass is 280 g/mol. The summed E-state index contributed by atoms with van der Waals surface area (Å²) in [6.07, 6.45) is 1.72. The molecule has 5 nitrogen and oxygen atoms in total. The first-order valence-corrected chi connectivity index (χ1v) is 7.43. The first-order valence-electron chi connectivity index (χ1n) is 6.61. The molecule has 0 aromatic carbocycles. The van der Waals surface area contributed by atoms with E-state index in [1.807, 2.05) is 0 Å². The van der Waals surface area contributed by atoms with E-state index < -0.39 is 0 Å². The minimum Gasteiger partial charge on any atom is -0.396 e. The smallest absolute Gasteiger partial charge is 0.223 e. The van der Waals surface area contributed by atoms with E-state index in [1.165, 1.54) is 4.88 Å². The van der Waals surface area contributed by atoms with Gasteiger partial charge in [0, 0.05) is 24.6 Å². The maximum Gasteiger partial charge on any atom is 0.223 e. The Bertz CT molecular complexity index is 555. The topological polar surface area (TPSA) is 75.3 Å². The maximum absolute atomic E-state index is 8.99. The lowest BCUT2D eigenvalue weighted by Crippen LogP contribution is -2.26. The number of anilines is 2. The molecule has 0 radical (unpaired) electrons. The van der Waals surface area contributed by atoms with E-state index in [-0.39, 0.29) is 6.61 Å². The Morgan fingerprint density at radius 2 is 2.16 bits per heavy atom. The highest BCUT2D eigenvalue weighted by atomic mass is 32.1. The lowest BCUT2D eigenvalue weighted by molar-refractivity contribution is 0.289. The molecule has 19 heavy (non-hydrogen) atoms. The van der Waals surface area contributed by atoms with Gasteiger partial charge in [0.05, 0.1) is 5.39 Å². The Balaban J connectivity index is 2.47. The Morgan fingerprint density at radius 3 is 2.79 bits per heavy atom. The fourth-order valence-corrected chi connectivity index (χ4v) is 3.03. The number of hydrogen-bond acceptors (Lipinski definition) is 6. The van der Waals surface area contributed by atoms with Crippen molar-refractivity contribution in [3.8, 4) is 0 Å². The van der Waals surface area contributed by atoms with Crippen molar-refractivity contribution in [3.05, 3.63) is 10.9 Å². The van der Waals surface area contributed by atoms with E-state index in [1.54, 1.807) is 11.3 Å². The summed E-state index contributed by atoms with van der Waals surface area (Å²) in [7, 11) is 0. The third kappa shape index (κ3) is 2.96. The van der Waals surface area contributed by atoms with Crippen LogP contribution in [0.1, 0.15) is 25.1 Å². The van der Waals surface area contributed by atoms with Crippen LogP contribution in [0.15, 0.2) is 6.07 Å². The summed E-state index contributed by atoms with van der Waals surface area (Å²) in [4.78, 5) is 13.1. The van der Waals surface area contributed by atoms with Gasteiger partial charge in [0.2, 0.25) is 5.95 Å². The van der Waals surface area contributed by atoms with Crippen molar-refractivity contribution in [1.82, 2.24) is 9.97 Å². The molecule has 0 fully saturated rings. The van der Waals surface area contributed by atoms with E-state index in [4.69, 9.17) is 10.8 Å². The summed E-state index contributed by atoms with van der Waals surface area (Å²) in [5.41, 5.74) is 5.80. The molecule has 0 saturated heterocycles. The summed E-state index contributed by atoms with van der Waals surface area (Å²) in [5.74, 6) is 1.20. The van der Waals surface area contributed by atoms with Crippen molar-refractivity contribution in [2.45, 2.75) is 26.7 Å². The SMILES string of the molecule is CCc1cc2c(N(CC)CCCO)nc(N)nc2s1. The zero-order chi connectivity index (χ0) is 13.8. The van der Waals surface area contributed by atoms with Crippen LogP contribution < -0.4 is 10.6 Å². The Hall–Kier alpha value is -1.40. The highest BCUT2D eigenvalue weighted by molar-refractivity contribution is 7.18. The summed E-state index contributed by atoms with van der Waals surface area (Å²) < 4.78 is 0. The van der Waals surface area contributed by atoms with Crippen LogP contribution in [0.5, 0.6) is 0 Å². The zero-order valence-corrected chi connectivity index (χ0v) is 12.2. The third-order valence-corrected chi connectivity index (χ3v) is 4.23. The quantitative estimate of drug-likeness (QED) is 0.847. The van der Waals surface area contributed by atoms with Gasteiger partial charge in [-0.2, -0.15) is 4.98 Å². The van der Waals surface area contributed by atoms with Gasteiger partial charge in [0.1, 0.15) is 10.6 Å². The fraction of sp³-hybridized carbons (Fsp3) is 0.538. The Morgan fingerprint density at radius 1 is 1.37 bits per heavy atom. The average molecular weight is 280 g/mol. The van der Waals surface area contributed by atoms with Crippen LogP contribution in [0.3, 0.4) is 0 Å². The number of thiophene rings is 1. The van der Waals surface area contributed by atoms with Gasteiger partial charge in [-0.25, -0.2) is 4.98 Å². The predicted molar refractivity (Wildman–Crippen MR) is 80.8 cm³/mol. The summed E-state index contributed by atoms with van der Waals surface area (Å²) in [6, 6.07) is 2.15. The molecule has 0 unspecified atom stereocenters. The molecule has 2 aromatic heterocycles. The van der Waals surface area contributed by atoms with Gasteiger partial charge in [-0.05, 0) is 25.8 Å². The molecule has 104 valence electrons. The van der Waals surface area contributed by atoms with Crippen LogP contribution in [-0.4, -0.2) is 34.8 Å². The molecule has 2 rings (SSSR count). The van der Waals surface area contributed by atoms with Crippen LogP contribution in [0.2, 0.25) is 0 Å². The van der Waals surface area contributed by atoms with Gasteiger partial charge in [-0.3, -0.25) is 0 Å². The van der Waals surface area contributed by atoms with Crippen LogP contribution in [0.4, 0.5) is 11.8 Å². The Labute approximate surface area is 117 Å². The number of nitrogen functional groups attached to an aromatic ring is 1. The summed E-state index contributed by atoms with van der Waals surface area (Å²) in [6.45, 7) is 6.00. The molecule has 0 aliphatic heterocycles. The molecule has 0 aliphatic carbocycles. The molecule has 0 atom stereocenters. The van der Waals surface area contributed by atoms with Crippen molar-refractivity contribution in [2.24, 2.45) is 0 Å². The second kappa shape index (κ2) is 6.16. The molecule has 2 heterocycles. The number of rotatable bonds is 6. The van der Waals surface area contributed by atoms with Crippen LogP contribution in [-0.2, 0) is 6.42 Å². The molecule has 0 amide bonds. The number of aryl methyl sites for hydroxylation is 1. The molecule has 3 N–H and O–H groups in total. The molecular weight excluding hydrogens is 260 g/mol. The number of nitrogens with two attached hydrogens (primary N) is 1. The summed E-state index contributed by atoms with van der Waals surface area (Å²) >= 11 is 1.67. The fourth-order valence-electron chi connectivity index (χ4n) is 2.06. The van der Waals surface area contributed by atoms with Crippen LogP contribution in [0.25, 0.3) is 10.2 Å². The van der Waals surface area contributed by atoms with Gasteiger partial charge in [0.25, 0.3) is 0 Å². The number of fused-ring (bicyclic) bond motifs is 1. The average Bonchev–Trinajstić information content (AvgIpc) is 2.82. The highest BCUT2D eigenvalue weighted by Crippen LogP contribution is 2.31. The van der Waals surface area contributed by atoms with Crippen molar-refractivity contribution in [2.75, 3.05) is 30.3 Å². The third-order valence-electron chi connectivity index (χ3n) is 3.06. The van der Waals surface area contributed by atoms with Crippen LogP contribution >= 0.6 is 11.3 Å². The minimum absolute atomic E-state index is 0.185. The second-order valence-electron chi connectivity index (χ2n) is 4.35. The zero-order valence-electron chi connectivity index (χ0n) is 11.4. The lowest BCUT2D eigenvalue weighted by Gasteiger charge is -2.22. The molecule has 0 aliphatic rings. The van der Waals surface area contributed by atoms with E-state index in [0.717, 1.165) is 42.0 Å². The normalized spacial score (nSPS) is 11.1. The summed E-state index contributed by atoms with van der Waals surface area (Å²) in [5, 5.41) is 10.1. The number of nitrogens with zero attached hydrogens (tertiary/aromatic N) is 3.